The summed E-state index contributed by atoms with van der Waals surface area (Å²) in [6.45, 7) is 4.39. The van der Waals surface area contributed by atoms with Crippen molar-refractivity contribution in [2.24, 2.45) is 0 Å². The Morgan fingerprint density at radius 3 is 1.72 bits per heavy atom. The first-order valence-corrected chi connectivity index (χ1v) is 16.9. The maximum atomic E-state index is 14.1. The SMILES string of the molecule is C[Si](C)(OC(CC1(c2ccccc2)C(=O)c2ccccc2C1=O)[Se]c1ccccc1)c1ccccc1. The van der Waals surface area contributed by atoms with Crippen LogP contribution in [0.2, 0.25) is 13.1 Å². The van der Waals surface area contributed by atoms with E-state index in [-0.39, 0.29) is 31.5 Å². The molecule has 1 aliphatic rings. The molecule has 36 heavy (non-hydrogen) atoms. The molecule has 0 N–H and O–H groups in total. The fraction of sp³-hybridized carbons (Fsp3) is 0.161. The number of Topliss-reactive ketones (excluding diaryl/α,β-unsaturated/α-hetero) is 2. The molecule has 0 saturated heterocycles. The summed E-state index contributed by atoms with van der Waals surface area (Å²) in [5.74, 6) is -0.239. The Labute approximate surface area is 219 Å². The molecule has 0 radical (unpaired) electrons. The van der Waals surface area contributed by atoms with Gasteiger partial charge in [0.15, 0.2) is 0 Å². The molecule has 0 heterocycles. The van der Waals surface area contributed by atoms with E-state index in [0.29, 0.717) is 17.5 Å². The molecule has 1 aliphatic carbocycles. The van der Waals surface area contributed by atoms with Crippen molar-refractivity contribution >= 4 is 44.5 Å². The number of fused-ring (bicyclic) bond motifs is 1. The van der Waals surface area contributed by atoms with Gasteiger partial charge in [-0.1, -0.05) is 0 Å². The van der Waals surface area contributed by atoms with Crippen molar-refractivity contribution in [1.29, 1.82) is 0 Å². The molecule has 1 unspecified atom stereocenters. The zero-order chi connectivity index (χ0) is 25.2. The zero-order valence-corrected chi connectivity index (χ0v) is 23.1. The van der Waals surface area contributed by atoms with Gasteiger partial charge >= 0.3 is 220 Å². The summed E-state index contributed by atoms with van der Waals surface area (Å²) in [5.41, 5.74) is 0.481. The Hall–Kier alpha value is -3.08. The molecular weight excluding hydrogens is 527 g/mol. The molecule has 5 rings (SSSR count). The van der Waals surface area contributed by atoms with Crippen molar-refractivity contribution < 1.29 is 14.0 Å². The third kappa shape index (κ3) is 4.56. The molecule has 5 heteroatoms. The molecule has 0 spiro atoms. The minimum atomic E-state index is -2.33. The second-order valence-corrected chi connectivity index (χ2v) is 16.0. The van der Waals surface area contributed by atoms with Gasteiger partial charge in [-0.2, -0.15) is 0 Å². The van der Waals surface area contributed by atoms with Gasteiger partial charge in [0, 0.05) is 0 Å². The molecular formula is C31H28O3SeSi. The number of ketones is 2. The van der Waals surface area contributed by atoms with Crippen LogP contribution < -0.4 is 9.65 Å². The van der Waals surface area contributed by atoms with Crippen LogP contribution >= 0.6 is 0 Å². The number of hydrogen-bond acceptors (Lipinski definition) is 3. The van der Waals surface area contributed by atoms with E-state index < -0.39 is 13.7 Å². The van der Waals surface area contributed by atoms with Crippen LogP contribution in [-0.4, -0.2) is 39.8 Å². The summed E-state index contributed by atoms with van der Waals surface area (Å²) in [6, 6.07) is 37.4. The van der Waals surface area contributed by atoms with Crippen molar-refractivity contribution in [3.63, 3.8) is 0 Å². The van der Waals surface area contributed by atoms with E-state index in [1.165, 1.54) is 9.65 Å². The van der Waals surface area contributed by atoms with Crippen LogP contribution in [0.25, 0.3) is 0 Å². The van der Waals surface area contributed by atoms with Crippen molar-refractivity contribution in [3.8, 4) is 0 Å². The van der Waals surface area contributed by atoms with Crippen molar-refractivity contribution in [1.82, 2.24) is 0 Å². The van der Waals surface area contributed by atoms with E-state index >= 15 is 0 Å². The molecule has 0 amide bonds. The van der Waals surface area contributed by atoms with E-state index in [9.17, 15) is 9.59 Å². The summed E-state index contributed by atoms with van der Waals surface area (Å²) in [6.07, 6.45) is 0.321. The number of benzene rings is 4. The van der Waals surface area contributed by atoms with Gasteiger partial charge < -0.3 is 0 Å². The van der Waals surface area contributed by atoms with E-state index in [4.69, 9.17) is 4.43 Å². The van der Waals surface area contributed by atoms with Crippen LogP contribution in [-0.2, 0) is 9.84 Å². The zero-order valence-electron chi connectivity index (χ0n) is 20.4. The summed E-state index contributed by atoms with van der Waals surface area (Å²) in [7, 11) is -2.33. The van der Waals surface area contributed by atoms with E-state index in [1.807, 2.05) is 78.9 Å². The van der Waals surface area contributed by atoms with Crippen molar-refractivity contribution in [2.75, 3.05) is 0 Å². The number of carbonyl (C=O) groups is 2. The molecule has 0 aliphatic heterocycles. The predicted molar refractivity (Wildman–Crippen MR) is 148 cm³/mol. The van der Waals surface area contributed by atoms with Crippen LogP contribution in [0.4, 0.5) is 0 Å². The monoisotopic (exact) mass is 556 g/mol. The number of hydrogen-bond donors (Lipinski definition) is 0. The number of carbonyl (C=O) groups excluding carboxylic acids is 2. The minimum absolute atomic E-state index is 0.0998. The van der Waals surface area contributed by atoms with Gasteiger partial charge in [0.25, 0.3) is 0 Å². The molecule has 0 bridgehead atoms. The standard InChI is InChI=1S/C31H28O3SeSi/c1-36(2,25-18-10-5-11-19-25)34-28(35-24-16-8-4-9-17-24)22-31(23-14-6-3-7-15-23)29(32)26-20-12-13-21-27(26)30(31)33/h3-21,28H,22H2,1-2H3. The first-order valence-electron chi connectivity index (χ1n) is 12.1. The second kappa shape index (κ2) is 10.1. The van der Waals surface area contributed by atoms with Crippen LogP contribution in [0.15, 0.2) is 115 Å². The van der Waals surface area contributed by atoms with Crippen LogP contribution in [0.5, 0.6) is 0 Å². The average Bonchev–Trinajstić information content (AvgIpc) is 3.12. The molecule has 180 valence electrons. The summed E-state index contributed by atoms with van der Waals surface area (Å²) < 4.78 is 8.18. The van der Waals surface area contributed by atoms with Gasteiger partial charge in [0.1, 0.15) is 0 Å². The Balaban J connectivity index is 1.59. The Kier molecular flexibility index (Phi) is 6.91. The third-order valence-electron chi connectivity index (χ3n) is 6.84. The molecule has 1 atom stereocenters. The topological polar surface area (TPSA) is 43.4 Å². The molecule has 4 aromatic rings. The molecule has 0 aromatic heterocycles. The summed E-state index contributed by atoms with van der Waals surface area (Å²) in [5, 5.41) is 0.934. The molecule has 3 nitrogen and oxygen atoms in total. The van der Waals surface area contributed by atoms with E-state index in [1.54, 1.807) is 12.1 Å². The van der Waals surface area contributed by atoms with Gasteiger partial charge in [-0.3, -0.25) is 0 Å². The summed E-state index contributed by atoms with van der Waals surface area (Å²) in [4.78, 5) is 28.2. The Morgan fingerprint density at radius 1 is 0.694 bits per heavy atom. The van der Waals surface area contributed by atoms with Crippen LogP contribution in [0, 0.1) is 0 Å². The van der Waals surface area contributed by atoms with E-state index in [2.05, 4.69) is 37.4 Å². The predicted octanol–water partition coefficient (Wildman–Crippen LogP) is 4.88. The van der Waals surface area contributed by atoms with Gasteiger partial charge in [-0.05, 0) is 0 Å². The van der Waals surface area contributed by atoms with Crippen molar-refractivity contribution in [3.05, 3.63) is 132 Å². The summed E-state index contributed by atoms with van der Waals surface area (Å²) >= 11 is -0.0998. The van der Waals surface area contributed by atoms with Gasteiger partial charge in [0.2, 0.25) is 0 Å². The molecule has 0 saturated carbocycles. The number of rotatable bonds is 8. The van der Waals surface area contributed by atoms with Crippen LogP contribution in [0.1, 0.15) is 32.7 Å². The normalized spacial score (nSPS) is 15.5. The quantitative estimate of drug-likeness (QED) is 0.230. The van der Waals surface area contributed by atoms with Gasteiger partial charge in [-0.25, -0.2) is 0 Å². The first-order chi connectivity index (χ1) is 17.4. The van der Waals surface area contributed by atoms with Crippen molar-refractivity contribution in [2.45, 2.75) is 29.9 Å². The molecule has 4 aromatic carbocycles. The molecule has 0 fully saturated rings. The van der Waals surface area contributed by atoms with E-state index in [0.717, 1.165) is 5.56 Å². The first kappa shape index (κ1) is 24.6. The van der Waals surface area contributed by atoms with Gasteiger partial charge in [0.05, 0.1) is 0 Å². The Bertz CT molecular complexity index is 1340. The van der Waals surface area contributed by atoms with Gasteiger partial charge in [-0.15, -0.1) is 0 Å². The maximum absolute atomic E-state index is 14.1. The fourth-order valence-electron chi connectivity index (χ4n) is 4.97. The fourth-order valence-corrected chi connectivity index (χ4v) is 10.7. The second-order valence-electron chi connectivity index (χ2n) is 9.53. The third-order valence-corrected chi connectivity index (χ3v) is 12.1. The van der Waals surface area contributed by atoms with Crippen LogP contribution in [0.3, 0.4) is 0 Å². The Morgan fingerprint density at radius 2 is 1.17 bits per heavy atom. The average molecular weight is 556 g/mol.